The van der Waals surface area contributed by atoms with E-state index in [-0.39, 0.29) is 38.4 Å². The van der Waals surface area contributed by atoms with E-state index in [0.29, 0.717) is 95.2 Å². The molecule has 3 fully saturated rings. The number of carbonyl (C=O) groups is 5. The van der Waals surface area contributed by atoms with Gasteiger partial charge in [-0.05, 0) is 74.4 Å². The molecule has 3 aromatic heterocycles. The van der Waals surface area contributed by atoms with E-state index < -0.39 is 77.7 Å². The van der Waals surface area contributed by atoms with Gasteiger partial charge in [-0.2, -0.15) is 13.2 Å². The minimum absolute atomic E-state index is 0.0633. The Morgan fingerprint density at radius 1 is 1.11 bits per heavy atom. The van der Waals surface area contributed by atoms with E-state index in [1.165, 1.54) is 39.0 Å². The van der Waals surface area contributed by atoms with Crippen LogP contribution in [-0.2, 0) is 52.8 Å². The van der Waals surface area contributed by atoms with Gasteiger partial charge in [0.1, 0.15) is 30.3 Å². The highest BCUT2D eigenvalue weighted by Gasteiger charge is 2.47. The van der Waals surface area contributed by atoms with Gasteiger partial charge in [-0.3, -0.25) is 29.2 Å². The highest BCUT2D eigenvalue weighted by molar-refractivity contribution is 7.10. The summed E-state index contributed by atoms with van der Waals surface area (Å²) in [4.78, 5) is 84.1. The molecule has 1 spiro atoms. The number of hydrazine groups is 1. The Labute approximate surface area is 421 Å². The first-order valence-corrected chi connectivity index (χ1v) is 25.3. The van der Waals surface area contributed by atoms with E-state index in [0.717, 1.165) is 0 Å². The fraction of sp³-hybridized carbons (Fsp3) is 0.549. The number of esters is 1. The summed E-state index contributed by atoms with van der Waals surface area (Å²) >= 11 is 1.26. The number of carbonyl (C=O) groups excluding carboxylic acids is 5. The minimum atomic E-state index is -4.60. The SMILES string of the molecule is C=CC(=O)N1CCO[C@]2(CCN(C(=O)N(C)[C@H](C(=O)N[C@H]3Cc4nc(cs4)-c4ccc5c(c4)c(c(-c4cccnc4[C@H](C)OC)n5CC(F)(F)F)CC(C)(C)COC(=O)[C@@H]4CCCN(N4)C3=O)C(C)C)C2)C1. The van der Waals surface area contributed by atoms with Crippen LogP contribution in [0.1, 0.15) is 76.3 Å². The predicted molar refractivity (Wildman–Crippen MR) is 263 cm³/mol. The lowest BCUT2D eigenvalue weighted by molar-refractivity contribution is -0.155. The summed E-state index contributed by atoms with van der Waals surface area (Å²) in [5.41, 5.74) is 4.80. The molecule has 6 bridgehead atoms. The molecule has 7 heterocycles. The second-order valence-electron chi connectivity index (χ2n) is 20.5. The number of morpholine rings is 1. The average Bonchev–Trinajstić information content (AvgIpc) is 4.07. The van der Waals surface area contributed by atoms with E-state index in [1.54, 1.807) is 59.6 Å². The number of urea groups is 1. The molecule has 2 N–H and O–H groups in total. The number of hydrogen-bond donors (Lipinski definition) is 2. The number of aromatic nitrogens is 3. The number of cyclic esters (lactones) is 1. The quantitative estimate of drug-likeness (QED) is 0.142. The number of alkyl halides is 3. The molecule has 4 aromatic rings. The van der Waals surface area contributed by atoms with Gasteiger partial charge in [-0.25, -0.2) is 15.2 Å². The van der Waals surface area contributed by atoms with Crippen LogP contribution in [0.15, 0.2) is 54.6 Å². The lowest BCUT2D eigenvalue weighted by atomic mass is 9.84. The van der Waals surface area contributed by atoms with Crippen LogP contribution in [0, 0.1) is 11.3 Å². The van der Waals surface area contributed by atoms with Crippen molar-refractivity contribution in [1.82, 2.24) is 45.0 Å². The van der Waals surface area contributed by atoms with Crippen molar-refractivity contribution >= 4 is 52.0 Å². The maximum atomic E-state index is 14.7. The first kappa shape index (κ1) is 52.4. The highest BCUT2D eigenvalue weighted by Crippen LogP contribution is 2.43. The Bertz CT molecular complexity index is 2720. The predicted octanol–water partition coefficient (Wildman–Crippen LogP) is 6.31. The molecule has 17 nitrogen and oxygen atoms in total. The van der Waals surface area contributed by atoms with E-state index in [9.17, 15) is 37.1 Å². The van der Waals surface area contributed by atoms with Gasteiger partial charge in [0, 0.05) is 79.2 Å². The number of nitrogens with zero attached hydrogens (tertiary/aromatic N) is 7. The van der Waals surface area contributed by atoms with Gasteiger partial charge < -0.3 is 38.8 Å². The Kier molecular flexibility index (Phi) is 15.2. The van der Waals surface area contributed by atoms with Gasteiger partial charge in [0.05, 0.1) is 54.5 Å². The molecule has 388 valence electrons. The summed E-state index contributed by atoms with van der Waals surface area (Å²) in [6.45, 7) is 13.2. The summed E-state index contributed by atoms with van der Waals surface area (Å²) in [6.07, 6.45) is -0.904. The van der Waals surface area contributed by atoms with Crippen molar-refractivity contribution in [1.29, 1.82) is 0 Å². The number of pyridine rings is 1. The fourth-order valence-electron chi connectivity index (χ4n) is 10.5. The molecule has 3 saturated heterocycles. The van der Waals surface area contributed by atoms with Gasteiger partial charge in [0.15, 0.2) is 0 Å². The zero-order valence-corrected chi connectivity index (χ0v) is 42.7. The average molecular weight is 1020 g/mol. The second-order valence-corrected chi connectivity index (χ2v) is 21.4. The lowest BCUT2D eigenvalue weighted by Crippen LogP contribution is -2.62. The monoisotopic (exact) mass is 1020 g/mol. The third-order valence-electron chi connectivity index (χ3n) is 14.1. The van der Waals surface area contributed by atoms with Crippen molar-refractivity contribution in [2.24, 2.45) is 11.3 Å². The van der Waals surface area contributed by atoms with E-state index in [2.05, 4.69) is 22.3 Å². The summed E-state index contributed by atoms with van der Waals surface area (Å²) < 4.78 is 63.2. The van der Waals surface area contributed by atoms with Crippen molar-refractivity contribution in [3.63, 3.8) is 0 Å². The van der Waals surface area contributed by atoms with Gasteiger partial charge in [0.25, 0.3) is 5.91 Å². The lowest BCUT2D eigenvalue weighted by Gasteiger charge is -2.40. The first-order valence-electron chi connectivity index (χ1n) is 24.4. The maximum absolute atomic E-state index is 14.7. The molecule has 0 saturated carbocycles. The number of halogens is 3. The molecule has 4 aliphatic heterocycles. The minimum Gasteiger partial charge on any atom is -0.464 e. The van der Waals surface area contributed by atoms with Crippen molar-refractivity contribution in [2.45, 2.75) is 109 Å². The molecule has 4 aliphatic rings. The van der Waals surface area contributed by atoms with Crippen LogP contribution in [0.25, 0.3) is 33.4 Å². The molecule has 0 aliphatic carbocycles. The summed E-state index contributed by atoms with van der Waals surface area (Å²) in [6, 6.07) is 5.06. The third-order valence-corrected chi connectivity index (χ3v) is 15.0. The first-order chi connectivity index (χ1) is 34.1. The van der Waals surface area contributed by atoms with E-state index in [4.69, 9.17) is 19.2 Å². The Morgan fingerprint density at radius 3 is 2.60 bits per heavy atom. The van der Waals surface area contributed by atoms with Crippen LogP contribution in [0.4, 0.5) is 18.0 Å². The highest BCUT2D eigenvalue weighted by atomic mass is 32.1. The molecule has 0 unspecified atom stereocenters. The number of methoxy groups -OCH3 is 1. The smallest absolute Gasteiger partial charge is 0.406 e. The number of nitrogens with one attached hydrogen (secondary N) is 2. The Morgan fingerprint density at radius 2 is 1.88 bits per heavy atom. The van der Waals surface area contributed by atoms with Crippen molar-refractivity contribution < 1.29 is 51.4 Å². The van der Waals surface area contributed by atoms with Crippen LogP contribution < -0.4 is 10.7 Å². The zero-order valence-electron chi connectivity index (χ0n) is 41.8. The largest absolute Gasteiger partial charge is 0.464 e. The number of likely N-dealkylation sites (tertiary alicyclic amines) is 1. The molecule has 5 atom stereocenters. The topological polar surface area (TPSA) is 181 Å². The molecule has 0 radical (unpaired) electrons. The fourth-order valence-corrected chi connectivity index (χ4v) is 11.4. The number of likely N-dealkylation sites (N-methyl/N-ethyl adjacent to an activating group) is 1. The van der Waals surface area contributed by atoms with Crippen LogP contribution in [0.5, 0.6) is 0 Å². The second kappa shape index (κ2) is 20.9. The zero-order chi connectivity index (χ0) is 51.9. The number of hydrogen-bond acceptors (Lipinski definition) is 12. The van der Waals surface area contributed by atoms with Crippen LogP contribution in [-0.4, -0.2) is 154 Å². The summed E-state index contributed by atoms with van der Waals surface area (Å²) in [7, 11) is 3.06. The van der Waals surface area contributed by atoms with Crippen molar-refractivity contribution in [3.8, 4) is 22.5 Å². The maximum Gasteiger partial charge on any atom is 0.406 e. The number of ether oxygens (including phenoxy) is 3. The molecule has 21 heteroatoms. The van der Waals surface area contributed by atoms with Crippen LogP contribution >= 0.6 is 11.3 Å². The van der Waals surface area contributed by atoms with Gasteiger partial charge in [0.2, 0.25) is 11.8 Å². The van der Waals surface area contributed by atoms with Crippen LogP contribution in [0.2, 0.25) is 0 Å². The number of benzene rings is 1. The van der Waals surface area contributed by atoms with Crippen molar-refractivity contribution in [3.05, 3.63) is 70.8 Å². The number of thiazole rings is 1. The Hall–Kier alpha value is -5.90. The number of rotatable bonds is 9. The number of amides is 5. The molecule has 1 aromatic carbocycles. The molecule has 72 heavy (non-hydrogen) atoms. The standard InChI is InChI=1S/C51H64F3N9O8S/c1-9-41(64)60-20-21-71-50(26-60)16-19-61(27-50)48(68)59(7)43(30(2)3)45(65)57-37-23-40-56-38(25-72-40)32-14-15-39-34(22-32)35(24-49(5,6)29-70-47(67)36-13-11-18-63(58-36)46(37)66)44(62(39)28-51(52,53)54)33-12-10-17-55-42(33)31(4)69-8/h9-10,12,14-15,17,22,25,30-31,36-37,43,58H,1,11,13,16,18-21,23-24,26-29H2,2-8H3,(H,57,65)/t31-,36-,37-,43-,50+/m0/s1. The summed E-state index contributed by atoms with van der Waals surface area (Å²) in [5.74, 6) is -2.33. The van der Waals surface area contributed by atoms with E-state index >= 15 is 0 Å². The van der Waals surface area contributed by atoms with Crippen molar-refractivity contribution in [2.75, 3.05) is 60.1 Å². The normalized spacial score (nSPS) is 22.7. The molecular formula is C51H64F3N9O8S. The van der Waals surface area contributed by atoms with Gasteiger partial charge in [-0.1, -0.05) is 40.3 Å². The van der Waals surface area contributed by atoms with Crippen LogP contribution in [0.3, 0.4) is 0 Å². The van der Waals surface area contributed by atoms with Gasteiger partial charge in [-0.15, -0.1) is 11.3 Å². The molecule has 8 rings (SSSR count). The molecular weight excluding hydrogens is 956 g/mol. The van der Waals surface area contributed by atoms with Gasteiger partial charge >= 0.3 is 18.2 Å². The number of fused-ring (bicyclic) bond motifs is 6. The Balaban J connectivity index is 1.15. The summed E-state index contributed by atoms with van der Waals surface area (Å²) in [5, 5.41) is 7.13. The van der Waals surface area contributed by atoms with E-state index in [1.807, 2.05) is 33.8 Å². The third kappa shape index (κ3) is 11.0. The molecule has 5 amide bonds.